The van der Waals surface area contributed by atoms with Crippen LogP contribution in [0.2, 0.25) is 0 Å². The number of hydrogen-bond acceptors (Lipinski definition) is 3. The summed E-state index contributed by atoms with van der Waals surface area (Å²) in [5, 5.41) is 5.37. The van der Waals surface area contributed by atoms with Crippen molar-refractivity contribution in [2.24, 2.45) is 17.8 Å². The van der Waals surface area contributed by atoms with E-state index in [2.05, 4.69) is 10.3 Å². The van der Waals surface area contributed by atoms with Crippen molar-refractivity contribution in [1.29, 1.82) is 0 Å². The molecule has 2 N–H and O–H groups in total. The van der Waals surface area contributed by atoms with Crippen molar-refractivity contribution >= 4 is 17.4 Å². The Bertz CT molecular complexity index is 606. The molecule has 0 saturated heterocycles. The van der Waals surface area contributed by atoms with Crippen LogP contribution in [0, 0.1) is 17.8 Å². The van der Waals surface area contributed by atoms with Gasteiger partial charge in [0, 0.05) is 5.54 Å². The molecule has 1 heterocycles. The highest BCUT2D eigenvalue weighted by Gasteiger charge is 2.51. The van der Waals surface area contributed by atoms with Crippen LogP contribution in [0.15, 0.2) is 18.3 Å². The fraction of sp³-hybridized carbons (Fsp3) is 0.647. The van der Waals surface area contributed by atoms with Gasteiger partial charge >= 0.3 is 12.1 Å². The van der Waals surface area contributed by atoms with Crippen LogP contribution < -0.4 is 10.6 Å². The first-order chi connectivity index (χ1) is 11.3. The highest BCUT2D eigenvalue weighted by Crippen LogP contribution is 2.56. The molecule has 0 spiro atoms. The second-order valence-corrected chi connectivity index (χ2v) is 7.71. The number of rotatable bonds is 3. The van der Waals surface area contributed by atoms with Gasteiger partial charge < -0.3 is 10.6 Å². The van der Waals surface area contributed by atoms with Crippen molar-refractivity contribution in [1.82, 2.24) is 4.98 Å². The Hall–Kier alpha value is -1.79. The van der Waals surface area contributed by atoms with E-state index in [1.54, 1.807) is 6.07 Å². The highest BCUT2D eigenvalue weighted by molar-refractivity contribution is 5.94. The van der Waals surface area contributed by atoms with Crippen molar-refractivity contribution in [3.05, 3.63) is 18.3 Å². The third-order valence-electron chi connectivity index (χ3n) is 5.71. The lowest BCUT2D eigenvalue weighted by atomic mass is 9.53. The molecule has 1 aromatic rings. The Morgan fingerprint density at radius 3 is 2.12 bits per heavy atom. The van der Waals surface area contributed by atoms with E-state index in [9.17, 15) is 18.0 Å². The Labute approximate surface area is 138 Å². The van der Waals surface area contributed by atoms with Crippen LogP contribution in [-0.2, 0) is 4.79 Å². The molecular formula is C17H20F3N3O. The smallest absolute Gasteiger partial charge is 0.365 e. The van der Waals surface area contributed by atoms with Gasteiger partial charge in [-0.1, -0.05) is 0 Å². The molecule has 0 atom stereocenters. The van der Waals surface area contributed by atoms with Gasteiger partial charge in [-0.25, -0.2) is 4.98 Å². The lowest BCUT2D eigenvalue weighted by molar-refractivity contribution is -0.167. The summed E-state index contributed by atoms with van der Waals surface area (Å²) >= 11 is 0. The van der Waals surface area contributed by atoms with Crippen molar-refractivity contribution in [3.63, 3.8) is 0 Å². The van der Waals surface area contributed by atoms with Crippen molar-refractivity contribution in [3.8, 4) is 0 Å². The van der Waals surface area contributed by atoms with Gasteiger partial charge in [-0.3, -0.25) is 4.79 Å². The summed E-state index contributed by atoms with van der Waals surface area (Å²) in [4.78, 5) is 15.1. The number of pyridine rings is 1. The van der Waals surface area contributed by atoms with Gasteiger partial charge in [0.15, 0.2) is 0 Å². The molecule has 4 bridgehead atoms. The molecule has 1 amide bonds. The Balaban J connectivity index is 1.44. The second kappa shape index (κ2) is 5.36. The van der Waals surface area contributed by atoms with Crippen LogP contribution in [-0.4, -0.2) is 22.6 Å². The van der Waals surface area contributed by atoms with Crippen LogP contribution in [0.25, 0.3) is 0 Å². The van der Waals surface area contributed by atoms with Gasteiger partial charge in [-0.2, -0.15) is 13.2 Å². The lowest BCUT2D eigenvalue weighted by Gasteiger charge is -2.57. The van der Waals surface area contributed by atoms with Gasteiger partial charge in [-0.15, -0.1) is 0 Å². The monoisotopic (exact) mass is 339 g/mol. The fourth-order valence-corrected chi connectivity index (χ4v) is 5.28. The van der Waals surface area contributed by atoms with E-state index in [4.69, 9.17) is 0 Å². The average molecular weight is 339 g/mol. The summed E-state index contributed by atoms with van der Waals surface area (Å²) in [7, 11) is 0. The van der Waals surface area contributed by atoms with E-state index in [1.807, 2.05) is 5.32 Å². The predicted molar refractivity (Wildman–Crippen MR) is 83.4 cm³/mol. The van der Waals surface area contributed by atoms with E-state index >= 15 is 0 Å². The molecule has 4 saturated carbocycles. The van der Waals surface area contributed by atoms with Gasteiger partial charge in [0.2, 0.25) is 0 Å². The summed E-state index contributed by atoms with van der Waals surface area (Å²) in [5.74, 6) is 1.09. The number of anilines is 2. The molecule has 130 valence electrons. The van der Waals surface area contributed by atoms with E-state index in [0.717, 1.165) is 37.0 Å². The lowest BCUT2D eigenvalue weighted by Crippen LogP contribution is -2.54. The number of aromatic nitrogens is 1. The van der Waals surface area contributed by atoms with E-state index < -0.39 is 12.1 Å². The van der Waals surface area contributed by atoms with Gasteiger partial charge in [-0.05, 0) is 68.4 Å². The molecule has 7 heteroatoms. The van der Waals surface area contributed by atoms with Gasteiger partial charge in [0.05, 0.1) is 11.9 Å². The normalized spacial score (nSPS) is 34.2. The molecule has 0 aromatic carbocycles. The van der Waals surface area contributed by atoms with Crippen molar-refractivity contribution in [2.45, 2.75) is 50.2 Å². The molecular weight excluding hydrogens is 319 g/mol. The average Bonchev–Trinajstić information content (AvgIpc) is 2.46. The van der Waals surface area contributed by atoms with E-state index in [1.165, 1.54) is 31.5 Å². The minimum atomic E-state index is -4.89. The maximum absolute atomic E-state index is 12.3. The molecule has 24 heavy (non-hydrogen) atoms. The molecule has 4 aliphatic rings. The zero-order valence-corrected chi connectivity index (χ0v) is 13.2. The van der Waals surface area contributed by atoms with Crippen LogP contribution in [0.5, 0.6) is 0 Å². The number of carbonyl (C=O) groups is 1. The molecule has 0 unspecified atom stereocenters. The van der Waals surface area contributed by atoms with Gasteiger partial charge in [0.25, 0.3) is 0 Å². The number of nitrogens with zero attached hydrogens (tertiary/aromatic N) is 1. The van der Waals surface area contributed by atoms with E-state index in [-0.39, 0.29) is 11.2 Å². The Morgan fingerprint density at radius 1 is 1.08 bits per heavy atom. The second-order valence-electron chi connectivity index (χ2n) is 7.71. The molecule has 5 rings (SSSR count). The third kappa shape index (κ3) is 2.96. The number of hydrogen-bond donors (Lipinski definition) is 2. The summed E-state index contributed by atoms with van der Waals surface area (Å²) in [6.07, 6.45) is 3.89. The quantitative estimate of drug-likeness (QED) is 0.876. The number of halogens is 3. The number of carbonyl (C=O) groups excluding carboxylic acids is 1. The molecule has 1 aromatic heterocycles. The highest BCUT2D eigenvalue weighted by atomic mass is 19.4. The number of alkyl halides is 3. The summed E-state index contributed by atoms with van der Waals surface area (Å²) < 4.78 is 36.8. The Kier molecular flexibility index (Phi) is 3.51. The van der Waals surface area contributed by atoms with Crippen LogP contribution in [0.3, 0.4) is 0 Å². The molecule has 0 aliphatic heterocycles. The minimum absolute atomic E-state index is 0.0494. The standard InChI is InChI=1S/C17H20F3N3O/c18-17(19,20)15(24)22-13-1-2-14(21-9-13)23-16-6-10-3-11(7-16)5-12(4-10)8-16/h1-2,9-12H,3-8H2,(H,21,23)(H,22,24). The van der Waals surface area contributed by atoms with Crippen LogP contribution in [0.1, 0.15) is 38.5 Å². The summed E-state index contributed by atoms with van der Waals surface area (Å²) in [6, 6.07) is 3.10. The maximum Gasteiger partial charge on any atom is 0.471 e. The van der Waals surface area contributed by atoms with Crippen LogP contribution in [0.4, 0.5) is 24.7 Å². The first kappa shape index (κ1) is 15.7. The zero-order chi connectivity index (χ0) is 16.9. The first-order valence-electron chi connectivity index (χ1n) is 8.44. The third-order valence-corrected chi connectivity index (χ3v) is 5.71. The molecule has 4 fully saturated rings. The largest absolute Gasteiger partial charge is 0.471 e. The predicted octanol–water partition coefficient (Wildman–Crippen LogP) is 3.96. The summed E-state index contributed by atoms with van der Waals surface area (Å²) in [6.45, 7) is 0. The molecule has 4 aliphatic carbocycles. The summed E-state index contributed by atoms with van der Waals surface area (Å²) in [5.41, 5.74) is 0.145. The van der Waals surface area contributed by atoms with Crippen molar-refractivity contribution in [2.75, 3.05) is 10.6 Å². The topological polar surface area (TPSA) is 54.0 Å². The maximum atomic E-state index is 12.3. The number of nitrogens with one attached hydrogen (secondary N) is 2. The van der Waals surface area contributed by atoms with Crippen LogP contribution >= 0.6 is 0 Å². The molecule has 4 nitrogen and oxygen atoms in total. The SMILES string of the molecule is O=C(Nc1ccc(NC23CC4CC(CC(C4)C2)C3)nc1)C(F)(F)F. The zero-order valence-electron chi connectivity index (χ0n) is 13.2. The van der Waals surface area contributed by atoms with E-state index in [0.29, 0.717) is 5.82 Å². The molecule has 0 radical (unpaired) electrons. The number of amides is 1. The van der Waals surface area contributed by atoms with Gasteiger partial charge in [0.1, 0.15) is 5.82 Å². The minimum Gasteiger partial charge on any atom is -0.365 e. The van der Waals surface area contributed by atoms with Crippen molar-refractivity contribution < 1.29 is 18.0 Å². The fourth-order valence-electron chi connectivity index (χ4n) is 5.28. The first-order valence-corrected chi connectivity index (χ1v) is 8.44. The Morgan fingerprint density at radius 2 is 1.67 bits per heavy atom.